The predicted octanol–water partition coefficient (Wildman–Crippen LogP) is 4.85. The van der Waals surface area contributed by atoms with Crippen molar-refractivity contribution in [3.05, 3.63) is 52.7 Å². The standard InChI is InChI=1S/C28H27ClN6O4/c1-2-38-24-13-17(12-21-25(24)20(29)15-35(21)18-4-5-18)27(37)34-9-7-28(8-10-34)14-22(36)19-11-16(3-6-23(19)39-28)26-30-32-33-31-26/h3,6,11-13,15,18H,2,4-5,7-10,14H2,1H3,(H,30,31,32,33). The van der Waals surface area contributed by atoms with Gasteiger partial charge in [0.1, 0.15) is 17.1 Å². The molecule has 11 heteroatoms. The van der Waals surface area contributed by atoms with E-state index in [1.54, 1.807) is 18.2 Å². The average Bonchev–Trinajstić information content (AvgIpc) is 3.51. The van der Waals surface area contributed by atoms with Crippen LogP contribution >= 0.6 is 11.6 Å². The number of hydrogen-bond acceptors (Lipinski definition) is 7. The summed E-state index contributed by atoms with van der Waals surface area (Å²) in [6.45, 7) is 3.39. The van der Waals surface area contributed by atoms with E-state index in [-0.39, 0.29) is 18.1 Å². The lowest BCUT2D eigenvalue weighted by Gasteiger charge is -2.44. The number of tetrazole rings is 1. The van der Waals surface area contributed by atoms with Gasteiger partial charge in [-0.2, -0.15) is 5.21 Å². The fourth-order valence-electron chi connectivity index (χ4n) is 5.84. The average molecular weight is 547 g/mol. The zero-order chi connectivity index (χ0) is 26.7. The summed E-state index contributed by atoms with van der Waals surface area (Å²) >= 11 is 6.59. The summed E-state index contributed by atoms with van der Waals surface area (Å²) in [5.74, 6) is 1.58. The van der Waals surface area contributed by atoms with E-state index in [1.165, 1.54) is 0 Å². The Kier molecular flexibility index (Phi) is 5.62. The van der Waals surface area contributed by atoms with Crippen LogP contribution in [0, 0.1) is 0 Å². The molecular formula is C28H27ClN6O4. The van der Waals surface area contributed by atoms with Gasteiger partial charge in [0, 0.05) is 49.3 Å². The van der Waals surface area contributed by atoms with Crippen LogP contribution in [0.2, 0.25) is 5.02 Å². The molecule has 7 rings (SSSR count). The number of aromatic amines is 1. The van der Waals surface area contributed by atoms with E-state index in [4.69, 9.17) is 21.1 Å². The molecule has 1 aliphatic carbocycles. The van der Waals surface area contributed by atoms with Crippen molar-refractivity contribution in [2.75, 3.05) is 19.7 Å². The van der Waals surface area contributed by atoms with Crippen LogP contribution in [0.3, 0.4) is 0 Å². The number of halogens is 1. The highest BCUT2D eigenvalue weighted by Gasteiger charge is 2.44. The van der Waals surface area contributed by atoms with Crippen LogP contribution in [-0.2, 0) is 0 Å². The molecule has 0 atom stereocenters. The normalized spacial score (nSPS) is 18.3. The van der Waals surface area contributed by atoms with Crippen molar-refractivity contribution in [2.24, 2.45) is 0 Å². The number of Topliss-reactive ketones (excluding diaryl/α,β-unsaturated/α-hetero) is 1. The number of carbonyl (C=O) groups is 2. The topological polar surface area (TPSA) is 115 Å². The summed E-state index contributed by atoms with van der Waals surface area (Å²) in [5.41, 5.74) is 2.12. The smallest absolute Gasteiger partial charge is 0.254 e. The van der Waals surface area contributed by atoms with E-state index in [2.05, 4.69) is 25.2 Å². The molecule has 2 aliphatic heterocycles. The number of rotatable bonds is 5. The number of aromatic nitrogens is 5. The molecule has 1 N–H and O–H groups in total. The van der Waals surface area contributed by atoms with Crippen LogP contribution in [0.25, 0.3) is 22.3 Å². The fraction of sp³-hybridized carbons (Fsp3) is 0.393. The summed E-state index contributed by atoms with van der Waals surface area (Å²) in [5, 5.41) is 15.5. The minimum absolute atomic E-state index is 0.0193. The molecule has 39 heavy (non-hydrogen) atoms. The third-order valence-electron chi connectivity index (χ3n) is 7.99. The van der Waals surface area contributed by atoms with E-state index in [9.17, 15) is 9.59 Å². The van der Waals surface area contributed by atoms with E-state index >= 15 is 0 Å². The first-order valence-corrected chi connectivity index (χ1v) is 13.7. The number of hydrogen-bond donors (Lipinski definition) is 1. The molecule has 10 nitrogen and oxygen atoms in total. The number of amides is 1. The molecule has 0 radical (unpaired) electrons. The maximum atomic E-state index is 13.7. The highest BCUT2D eigenvalue weighted by molar-refractivity contribution is 6.36. The molecule has 0 unspecified atom stereocenters. The highest BCUT2D eigenvalue weighted by Crippen LogP contribution is 2.44. The van der Waals surface area contributed by atoms with Gasteiger partial charge in [0.25, 0.3) is 5.91 Å². The van der Waals surface area contributed by atoms with Gasteiger partial charge in [0.2, 0.25) is 5.82 Å². The van der Waals surface area contributed by atoms with Crippen LogP contribution in [0.4, 0.5) is 0 Å². The number of piperidine rings is 1. The molecular weight excluding hydrogens is 520 g/mol. The Balaban J connectivity index is 1.11. The van der Waals surface area contributed by atoms with Crippen LogP contribution in [-0.4, -0.2) is 67.1 Å². The first kappa shape index (κ1) is 24.1. The summed E-state index contributed by atoms with van der Waals surface area (Å²) in [6, 6.07) is 9.53. The summed E-state index contributed by atoms with van der Waals surface area (Å²) in [4.78, 5) is 28.7. The molecule has 4 heterocycles. The molecule has 2 aromatic heterocycles. The number of fused-ring (bicyclic) bond motifs is 2. The monoisotopic (exact) mass is 546 g/mol. The molecule has 2 fully saturated rings. The number of nitrogens with zero attached hydrogens (tertiary/aromatic N) is 5. The van der Waals surface area contributed by atoms with Gasteiger partial charge < -0.3 is 18.9 Å². The van der Waals surface area contributed by atoms with Crippen molar-refractivity contribution >= 4 is 34.2 Å². The van der Waals surface area contributed by atoms with Crippen molar-refractivity contribution < 1.29 is 19.1 Å². The Hall–Kier alpha value is -3.92. The molecule has 200 valence electrons. The van der Waals surface area contributed by atoms with E-state index in [1.807, 2.05) is 30.2 Å². The van der Waals surface area contributed by atoms with E-state index in [0.29, 0.717) is 77.6 Å². The largest absolute Gasteiger partial charge is 0.493 e. The zero-order valence-electron chi connectivity index (χ0n) is 21.4. The third kappa shape index (κ3) is 4.14. The number of carbonyl (C=O) groups excluding carboxylic acids is 2. The minimum Gasteiger partial charge on any atom is -0.493 e. The van der Waals surface area contributed by atoms with Gasteiger partial charge in [-0.15, -0.1) is 10.2 Å². The molecule has 1 saturated heterocycles. The van der Waals surface area contributed by atoms with Crippen molar-refractivity contribution in [3.8, 4) is 22.9 Å². The van der Waals surface area contributed by atoms with Crippen LogP contribution in [0.15, 0.2) is 36.5 Å². The van der Waals surface area contributed by atoms with E-state index < -0.39 is 5.60 Å². The fourth-order valence-corrected chi connectivity index (χ4v) is 6.14. The maximum absolute atomic E-state index is 13.7. The van der Waals surface area contributed by atoms with Crippen LogP contribution < -0.4 is 9.47 Å². The lowest BCUT2D eigenvalue weighted by Crippen LogP contribution is -2.52. The second-order valence-electron chi connectivity index (χ2n) is 10.5. The Bertz CT molecular complexity index is 1600. The summed E-state index contributed by atoms with van der Waals surface area (Å²) < 4.78 is 14.5. The SMILES string of the molecule is CCOc1cc(C(=O)N2CCC3(CC2)CC(=O)c2cc(-c4nn[nH]n4)ccc2O3)cc2c1c(Cl)cn2C1CC1. The predicted molar refractivity (Wildman–Crippen MR) is 143 cm³/mol. The molecule has 1 amide bonds. The Morgan fingerprint density at radius 2 is 2.05 bits per heavy atom. The lowest BCUT2D eigenvalue weighted by molar-refractivity contribution is -0.00570. The van der Waals surface area contributed by atoms with Crippen molar-refractivity contribution in [2.45, 2.75) is 50.7 Å². The highest BCUT2D eigenvalue weighted by atomic mass is 35.5. The quantitative estimate of drug-likeness (QED) is 0.380. The van der Waals surface area contributed by atoms with Gasteiger partial charge in [0.15, 0.2) is 5.78 Å². The Labute approximate surface area is 229 Å². The van der Waals surface area contributed by atoms with Gasteiger partial charge in [-0.1, -0.05) is 11.6 Å². The van der Waals surface area contributed by atoms with Crippen molar-refractivity contribution in [3.63, 3.8) is 0 Å². The van der Waals surface area contributed by atoms with Crippen molar-refractivity contribution in [1.82, 2.24) is 30.1 Å². The molecule has 4 aromatic rings. The first-order chi connectivity index (χ1) is 18.9. The van der Waals surface area contributed by atoms with Gasteiger partial charge in [-0.3, -0.25) is 9.59 Å². The van der Waals surface area contributed by atoms with Gasteiger partial charge in [-0.25, -0.2) is 0 Å². The third-order valence-corrected chi connectivity index (χ3v) is 8.28. The number of benzene rings is 2. The van der Waals surface area contributed by atoms with Gasteiger partial charge >= 0.3 is 0 Å². The number of likely N-dealkylation sites (tertiary alicyclic amines) is 1. The molecule has 3 aliphatic rings. The second-order valence-corrected chi connectivity index (χ2v) is 10.9. The van der Waals surface area contributed by atoms with E-state index in [0.717, 1.165) is 23.7 Å². The molecule has 1 spiro atoms. The number of nitrogens with one attached hydrogen (secondary N) is 1. The molecule has 1 saturated carbocycles. The molecule has 0 bridgehead atoms. The summed E-state index contributed by atoms with van der Waals surface area (Å²) in [7, 11) is 0. The Morgan fingerprint density at radius 1 is 1.23 bits per heavy atom. The first-order valence-electron chi connectivity index (χ1n) is 13.3. The molecule has 2 aromatic carbocycles. The van der Waals surface area contributed by atoms with Gasteiger partial charge in [-0.05, 0) is 55.3 Å². The number of ether oxygens (including phenoxy) is 2. The number of ketones is 1. The second kappa shape index (κ2) is 9.08. The number of H-pyrrole nitrogens is 1. The summed E-state index contributed by atoms with van der Waals surface area (Å²) in [6.07, 6.45) is 5.58. The van der Waals surface area contributed by atoms with Crippen LogP contribution in [0.1, 0.15) is 65.8 Å². The van der Waals surface area contributed by atoms with Crippen LogP contribution in [0.5, 0.6) is 11.5 Å². The lowest BCUT2D eigenvalue weighted by atomic mass is 9.82. The van der Waals surface area contributed by atoms with Crippen molar-refractivity contribution in [1.29, 1.82) is 0 Å². The maximum Gasteiger partial charge on any atom is 0.254 e. The zero-order valence-corrected chi connectivity index (χ0v) is 22.2. The van der Waals surface area contributed by atoms with Gasteiger partial charge in [0.05, 0.1) is 34.5 Å². The minimum atomic E-state index is -0.622. The Morgan fingerprint density at radius 3 is 2.77 bits per heavy atom.